The molecule has 1 aromatic rings. The number of likely N-dealkylation sites (N-methyl/N-ethyl adjacent to an activating group) is 1. The highest BCUT2D eigenvalue weighted by atomic mass is 16.3. The van der Waals surface area contributed by atoms with Crippen LogP contribution in [0.2, 0.25) is 0 Å². The molecule has 0 aliphatic heterocycles. The van der Waals surface area contributed by atoms with E-state index in [0.29, 0.717) is 18.1 Å². The lowest BCUT2D eigenvalue weighted by atomic mass is 10.3. The maximum atomic E-state index is 11.3. The highest BCUT2D eigenvalue weighted by molar-refractivity contribution is 5.80. The fourth-order valence-electron chi connectivity index (χ4n) is 1.36. The zero-order valence-electron chi connectivity index (χ0n) is 10.2. The smallest absolute Gasteiger partial charge is 0.239 e. The van der Waals surface area contributed by atoms with Crippen molar-refractivity contribution in [3.05, 3.63) is 18.0 Å². The molecule has 0 aliphatic rings. The molecule has 0 spiro atoms. The summed E-state index contributed by atoms with van der Waals surface area (Å²) in [7, 11) is 1.60. The normalized spacial score (nSPS) is 10.1. The van der Waals surface area contributed by atoms with Crippen LogP contribution < -0.4 is 10.2 Å². The van der Waals surface area contributed by atoms with E-state index in [1.807, 2.05) is 6.92 Å². The first-order chi connectivity index (χ1) is 8.21. The fraction of sp³-hybridized carbons (Fsp3) is 0.545. The maximum Gasteiger partial charge on any atom is 0.239 e. The van der Waals surface area contributed by atoms with Gasteiger partial charge in [-0.1, -0.05) is 6.92 Å². The van der Waals surface area contributed by atoms with Crippen molar-refractivity contribution >= 4 is 11.9 Å². The Labute approximate surface area is 101 Å². The van der Waals surface area contributed by atoms with Crippen LogP contribution in [0.25, 0.3) is 0 Å². The van der Waals surface area contributed by atoms with Crippen LogP contribution in [0, 0.1) is 0 Å². The second-order valence-electron chi connectivity index (χ2n) is 3.64. The molecule has 2 N–H and O–H groups in total. The monoisotopic (exact) mass is 238 g/mol. The first kappa shape index (κ1) is 13.4. The van der Waals surface area contributed by atoms with Gasteiger partial charge >= 0.3 is 0 Å². The number of hydrogen-bond acceptors (Lipinski definition) is 5. The van der Waals surface area contributed by atoms with Crippen LogP contribution in [0.1, 0.15) is 18.9 Å². The quantitative estimate of drug-likeness (QED) is 0.725. The third kappa shape index (κ3) is 3.99. The molecule has 1 aromatic heterocycles. The number of nitrogens with zero attached hydrogens (tertiary/aromatic N) is 3. The molecule has 0 saturated carbocycles. The number of carbonyl (C=O) groups is 1. The van der Waals surface area contributed by atoms with E-state index in [-0.39, 0.29) is 19.1 Å². The summed E-state index contributed by atoms with van der Waals surface area (Å²) in [5, 5.41) is 11.5. The van der Waals surface area contributed by atoms with Crippen molar-refractivity contribution in [2.45, 2.75) is 20.0 Å². The zero-order valence-corrected chi connectivity index (χ0v) is 10.2. The average molecular weight is 238 g/mol. The number of aliphatic hydroxyl groups excluding tert-OH is 1. The lowest BCUT2D eigenvalue weighted by Gasteiger charge is -2.20. The van der Waals surface area contributed by atoms with Crippen LogP contribution in [0.4, 0.5) is 5.95 Å². The summed E-state index contributed by atoms with van der Waals surface area (Å²) in [4.78, 5) is 21.4. The Bertz CT molecular complexity index is 353. The first-order valence-electron chi connectivity index (χ1n) is 5.58. The van der Waals surface area contributed by atoms with Crippen LogP contribution >= 0.6 is 0 Å². The molecule has 0 fully saturated rings. The van der Waals surface area contributed by atoms with Crippen molar-refractivity contribution in [1.82, 2.24) is 15.3 Å². The molecule has 1 heterocycles. The summed E-state index contributed by atoms with van der Waals surface area (Å²) in [5.41, 5.74) is 0.658. The number of amides is 1. The first-order valence-corrected chi connectivity index (χ1v) is 5.58. The van der Waals surface area contributed by atoms with Crippen LogP contribution in [0.3, 0.4) is 0 Å². The minimum absolute atomic E-state index is 0.0757. The van der Waals surface area contributed by atoms with Gasteiger partial charge in [-0.3, -0.25) is 4.79 Å². The Morgan fingerprint density at radius 1 is 1.47 bits per heavy atom. The van der Waals surface area contributed by atoms with Gasteiger partial charge in [0.1, 0.15) is 0 Å². The van der Waals surface area contributed by atoms with Crippen molar-refractivity contribution in [3.8, 4) is 0 Å². The molecule has 0 aliphatic carbocycles. The van der Waals surface area contributed by atoms with E-state index >= 15 is 0 Å². The number of hydrogen-bond donors (Lipinski definition) is 2. The van der Waals surface area contributed by atoms with E-state index in [0.717, 1.165) is 6.42 Å². The minimum atomic E-state index is -0.0799. The largest absolute Gasteiger partial charge is 0.392 e. The fourth-order valence-corrected chi connectivity index (χ4v) is 1.36. The Hall–Kier alpha value is -1.69. The molecule has 17 heavy (non-hydrogen) atoms. The number of nitrogens with one attached hydrogen (secondary N) is 1. The van der Waals surface area contributed by atoms with E-state index in [9.17, 15) is 4.79 Å². The highest BCUT2D eigenvalue weighted by Crippen LogP contribution is 2.07. The van der Waals surface area contributed by atoms with Crippen molar-refractivity contribution in [2.75, 3.05) is 25.0 Å². The van der Waals surface area contributed by atoms with Crippen LogP contribution in [-0.4, -0.2) is 41.1 Å². The number of rotatable bonds is 6. The van der Waals surface area contributed by atoms with Gasteiger partial charge in [0.2, 0.25) is 11.9 Å². The van der Waals surface area contributed by atoms with Crippen molar-refractivity contribution in [1.29, 1.82) is 0 Å². The number of anilines is 1. The van der Waals surface area contributed by atoms with Crippen LogP contribution in [0.15, 0.2) is 12.4 Å². The second-order valence-corrected chi connectivity index (χ2v) is 3.64. The summed E-state index contributed by atoms with van der Waals surface area (Å²) >= 11 is 0. The number of carbonyl (C=O) groups excluding carboxylic acids is 1. The van der Waals surface area contributed by atoms with E-state index in [1.165, 1.54) is 0 Å². The predicted octanol–water partition coefficient (Wildman–Crippen LogP) is -0.0687. The maximum absolute atomic E-state index is 11.3. The van der Waals surface area contributed by atoms with E-state index in [1.54, 1.807) is 24.3 Å². The SMILES string of the molecule is CCCN(CC(=O)NC)c1ncc(CO)cn1. The lowest BCUT2D eigenvalue weighted by molar-refractivity contribution is -0.119. The van der Waals surface area contributed by atoms with Gasteiger partial charge in [0.25, 0.3) is 0 Å². The average Bonchev–Trinajstić information content (AvgIpc) is 2.38. The van der Waals surface area contributed by atoms with Crippen molar-refractivity contribution in [2.24, 2.45) is 0 Å². The van der Waals surface area contributed by atoms with Gasteiger partial charge in [-0.05, 0) is 6.42 Å². The molecule has 0 atom stereocenters. The van der Waals surface area contributed by atoms with E-state index < -0.39 is 0 Å². The van der Waals surface area contributed by atoms with Gasteiger partial charge in [-0.2, -0.15) is 0 Å². The summed E-state index contributed by atoms with van der Waals surface area (Å²) in [5.74, 6) is 0.431. The van der Waals surface area contributed by atoms with Crippen LogP contribution in [0.5, 0.6) is 0 Å². The van der Waals surface area contributed by atoms with Gasteiger partial charge in [0.05, 0.1) is 13.2 Å². The third-order valence-electron chi connectivity index (χ3n) is 2.26. The molecular weight excluding hydrogens is 220 g/mol. The lowest BCUT2D eigenvalue weighted by Crippen LogP contribution is -2.37. The number of aliphatic hydroxyl groups is 1. The zero-order chi connectivity index (χ0) is 12.7. The Morgan fingerprint density at radius 2 is 2.12 bits per heavy atom. The summed E-state index contributed by atoms with van der Waals surface area (Å²) in [6, 6.07) is 0. The topological polar surface area (TPSA) is 78.4 Å². The molecular formula is C11H18N4O2. The summed E-state index contributed by atoms with van der Waals surface area (Å²) in [6.45, 7) is 2.90. The summed E-state index contributed by atoms with van der Waals surface area (Å²) in [6.07, 6.45) is 4.03. The highest BCUT2D eigenvalue weighted by Gasteiger charge is 2.12. The van der Waals surface area contributed by atoms with Gasteiger partial charge in [0.15, 0.2) is 0 Å². The Balaban J connectivity index is 2.77. The minimum Gasteiger partial charge on any atom is -0.392 e. The van der Waals surface area contributed by atoms with E-state index in [2.05, 4.69) is 15.3 Å². The summed E-state index contributed by atoms with van der Waals surface area (Å²) < 4.78 is 0. The molecule has 1 amide bonds. The second kappa shape index (κ2) is 6.80. The standard InChI is InChI=1S/C11H18N4O2/c1-3-4-15(7-10(17)12-2)11-13-5-9(8-16)6-14-11/h5-6,16H,3-4,7-8H2,1-2H3,(H,12,17). The molecule has 6 heteroatoms. The molecule has 6 nitrogen and oxygen atoms in total. The molecule has 94 valence electrons. The molecule has 0 bridgehead atoms. The van der Waals surface area contributed by atoms with Crippen molar-refractivity contribution in [3.63, 3.8) is 0 Å². The number of aromatic nitrogens is 2. The third-order valence-corrected chi connectivity index (χ3v) is 2.26. The molecule has 0 saturated heterocycles. The van der Waals surface area contributed by atoms with Crippen LogP contribution in [-0.2, 0) is 11.4 Å². The van der Waals surface area contributed by atoms with Gasteiger partial charge in [-0.15, -0.1) is 0 Å². The van der Waals surface area contributed by atoms with E-state index in [4.69, 9.17) is 5.11 Å². The van der Waals surface area contributed by atoms with Gasteiger partial charge in [-0.25, -0.2) is 9.97 Å². The molecule has 1 rings (SSSR count). The Kier molecular flexibility index (Phi) is 5.35. The predicted molar refractivity (Wildman–Crippen MR) is 64.5 cm³/mol. The molecule has 0 unspecified atom stereocenters. The molecule has 0 aromatic carbocycles. The van der Waals surface area contributed by atoms with Crippen molar-refractivity contribution < 1.29 is 9.90 Å². The Morgan fingerprint density at radius 3 is 2.59 bits per heavy atom. The van der Waals surface area contributed by atoms with Gasteiger partial charge < -0.3 is 15.3 Å². The van der Waals surface area contributed by atoms with Gasteiger partial charge in [0, 0.05) is 31.5 Å². The molecule has 0 radical (unpaired) electrons.